The molecule has 0 saturated heterocycles. The van der Waals surface area contributed by atoms with E-state index >= 15 is 0 Å². The summed E-state index contributed by atoms with van der Waals surface area (Å²) >= 11 is 0. The van der Waals surface area contributed by atoms with Crippen molar-refractivity contribution in [2.24, 2.45) is 0 Å². The van der Waals surface area contributed by atoms with Gasteiger partial charge < -0.3 is 14.2 Å². The summed E-state index contributed by atoms with van der Waals surface area (Å²) in [5.74, 6) is -0.835. The zero-order valence-electron chi connectivity index (χ0n) is 49.7. The van der Waals surface area contributed by atoms with Gasteiger partial charge in [-0.3, -0.25) is 14.4 Å². The van der Waals surface area contributed by atoms with Gasteiger partial charge in [0.1, 0.15) is 13.2 Å². The Hall–Kier alpha value is -1.85. The van der Waals surface area contributed by atoms with E-state index in [4.69, 9.17) is 14.2 Å². The zero-order valence-corrected chi connectivity index (χ0v) is 49.7. The summed E-state index contributed by atoms with van der Waals surface area (Å²) in [6.07, 6.45) is 73.6. The van der Waals surface area contributed by atoms with E-state index in [0.29, 0.717) is 19.3 Å². The highest BCUT2D eigenvalue weighted by Crippen LogP contribution is 2.18. The van der Waals surface area contributed by atoms with E-state index in [-0.39, 0.29) is 31.1 Å². The first-order valence-corrected chi connectivity index (χ1v) is 33.2. The van der Waals surface area contributed by atoms with Gasteiger partial charge >= 0.3 is 17.9 Å². The van der Waals surface area contributed by atoms with Gasteiger partial charge in [0, 0.05) is 19.3 Å². The molecular formula is C67H128O6. The fourth-order valence-corrected chi connectivity index (χ4v) is 10.3. The maximum atomic E-state index is 12.9. The molecule has 1 atom stereocenters. The minimum Gasteiger partial charge on any atom is -0.462 e. The summed E-state index contributed by atoms with van der Waals surface area (Å²) < 4.78 is 17.0. The summed E-state index contributed by atoms with van der Waals surface area (Å²) in [5, 5.41) is 0. The number of unbranched alkanes of at least 4 members (excludes halogenated alkanes) is 49. The van der Waals surface area contributed by atoms with Crippen molar-refractivity contribution in [1.82, 2.24) is 0 Å². The minimum atomic E-state index is -0.767. The molecule has 0 spiro atoms. The summed E-state index contributed by atoms with van der Waals surface area (Å²) in [4.78, 5) is 38.4. The van der Waals surface area contributed by atoms with Gasteiger partial charge in [0.05, 0.1) is 0 Å². The molecule has 0 aliphatic heterocycles. The van der Waals surface area contributed by atoms with Gasteiger partial charge in [-0.25, -0.2) is 0 Å². The van der Waals surface area contributed by atoms with Crippen LogP contribution in [0.3, 0.4) is 0 Å². The number of carbonyl (C=O) groups is 3. The van der Waals surface area contributed by atoms with E-state index < -0.39 is 6.10 Å². The molecule has 6 nitrogen and oxygen atoms in total. The average Bonchev–Trinajstić information content (AvgIpc) is 3.39. The third-order valence-corrected chi connectivity index (χ3v) is 15.3. The van der Waals surface area contributed by atoms with E-state index in [2.05, 4.69) is 32.9 Å². The first-order valence-electron chi connectivity index (χ1n) is 33.2. The topological polar surface area (TPSA) is 78.9 Å². The second kappa shape index (κ2) is 62.7. The Bertz CT molecular complexity index is 1130. The molecule has 0 aliphatic rings. The van der Waals surface area contributed by atoms with E-state index in [1.165, 1.54) is 283 Å². The van der Waals surface area contributed by atoms with Crippen LogP contribution in [0.25, 0.3) is 0 Å². The fraction of sp³-hybridized carbons (Fsp3) is 0.925. The molecule has 73 heavy (non-hydrogen) atoms. The summed E-state index contributed by atoms with van der Waals surface area (Å²) in [5.41, 5.74) is 0. The van der Waals surface area contributed by atoms with Crippen LogP contribution in [0.4, 0.5) is 0 Å². The lowest BCUT2D eigenvalue weighted by molar-refractivity contribution is -0.167. The van der Waals surface area contributed by atoms with Gasteiger partial charge in [0.2, 0.25) is 0 Å². The largest absolute Gasteiger partial charge is 0.462 e. The molecule has 6 heteroatoms. The number of esters is 3. The number of carbonyl (C=O) groups excluding carboxylic acids is 3. The van der Waals surface area contributed by atoms with Crippen molar-refractivity contribution in [3.63, 3.8) is 0 Å². The number of allylic oxidation sites excluding steroid dienone is 2. The minimum absolute atomic E-state index is 0.0644. The van der Waals surface area contributed by atoms with Gasteiger partial charge in [-0.15, -0.1) is 0 Å². The molecule has 0 rings (SSSR count). The predicted molar refractivity (Wildman–Crippen MR) is 317 cm³/mol. The number of hydrogen-bond donors (Lipinski definition) is 0. The SMILES string of the molecule is CCCCCCCC/C=C\CCCCCCCCCC(=O)OCC(COC(=O)CCCCCCCCCCCCCCCCCCCCCC)OC(=O)CCCCCCCCCCCCCCCCCCCC. The number of ether oxygens (including phenoxy) is 3. The van der Waals surface area contributed by atoms with Gasteiger partial charge in [-0.2, -0.15) is 0 Å². The zero-order chi connectivity index (χ0) is 52.9. The van der Waals surface area contributed by atoms with E-state index in [1.807, 2.05) is 0 Å². The van der Waals surface area contributed by atoms with Gasteiger partial charge in [0.25, 0.3) is 0 Å². The Morgan fingerprint density at radius 3 is 0.685 bits per heavy atom. The van der Waals surface area contributed by atoms with Crippen molar-refractivity contribution in [3.8, 4) is 0 Å². The Labute approximate surface area is 456 Å². The second-order valence-electron chi connectivity index (χ2n) is 22.7. The lowest BCUT2D eigenvalue weighted by atomic mass is 10.0. The predicted octanol–water partition coefficient (Wildman–Crippen LogP) is 22.4. The van der Waals surface area contributed by atoms with Crippen LogP contribution in [0.15, 0.2) is 12.2 Å². The molecule has 0 bridgehead atoms. The van der Waals surface area contributed by atoms with Crippen molar-refractivity contribution >= 4 is 17.9 Å². The highest BCUT2D eigenvalue weighted by molar-refractivity contribution is 5.71. The van der Waals surface area contributed by atoms with Crippen LogP contribution in [0.5, 0.6) is 0 Å². The maximum Gasteiger partial charge on any atom is 0.306 e. The Morgan fingerprint density at radius 2 is 0.452 bits per heavy atom. The summed E-state index contributed by atoms with van der Waals surface area (Å²) in [7, 11) is 0. The van der Waals surface area contributed by atoms with Crippen LogP contribution in [0.2, 0.25) is 0 Å². The van der Waals surface area contributed by atoms with Crippen molar-refractivity contribution in [3.05, 3.63) is 12.2 Å². The molecule has 0 aliphatic carbocycles. The van der Waals surface area contributed by atoms with Crippen molar-refractivity contribution in [1.29, 1.82) is 0 Å². The lowest BCUT2D eigenvalue weighted by Gasteiger charge is -2.18. The number of rotatable bonds is 62. The quantitative estimate of drug-likeness (QED) is 0.0261. The lowest BCUT2D eigenvalue weighted by Crippen LogP contribution is -2.30. The normalized spacial score (nSPS) is 12.0. The van der Waals surface area contributed by atoms with Crippen LogP contribution in [0, 0.1) is 0 Å². The molecule has 0 N–H and O–H groups in total. The Morgan fingerprint density at radius 1 is 0.260 bits per heavy atom. The third kappa shape index (κ3) is 60.9. The molecule has 0 aromatic carbocycles. The molecule has 0 amide bonds. The monoisotopic (exact) mass is 1030 g/mol. The third-order valence-electron chi connectivity index (χ3n) is 15.3. The van der Waals surface area contributed by atoms with Crippen LogP contribution in [-0.4, -0.2) is 37.2 Å². The highest BCUT2D eigenvalue weighted by Gasteiger charge is 2.19. The highest BCUT2D eigenvalue weighted by atomic mass is 16.6. The van der Waals surface area contributed by atoms with Crippen LogP contribution < -0.4 is 0 Å². The average molecular weight is 1030 g/mol. The molecule has 432 valence electrons. The molecule has 0 aromatic rings. The van der Waals surface area contributed by atoms with Gasteiger partial charge in [0.15, 0.2) is 6.10 Å². The van der Waals surface area contributed by atoms with E-state index in [0.717, 1.165) is 57.8 Å². The maximum absolute atomic E-state index is 12.9. The Balaban J connectivity index is 4.29. The molecule has 1 unspecified atom stereocenters. The van der Waals surface area contributed by atoms with Crippen molar-refractivity contribution in [2.75, 3.05) is 13.2 Å². The molecule has 0 fully saturated rings. The van der Waals surface area contributed by atoms with Crippen LogP contribution in [0.1, 0.15) is 380 Å². The van der Waals surface area contributed by atoms with Gasteiger partial charge in [-0.1, -0.05) is 328 Å². The van der Waals surface area contributed by atoms with E-state index in [9.17, 15) is 14.4 Å². The van der Waals surface area contributed by atoms with Crippen molar-refractivity contribution in [2.45, 2.75) is 386 Å². The standard InChI is InChI=1S/C67H128O6/c1-4-7-10-13-16-19-22-25-28-31-33-34-37-39-42-45-48-51-54-57-60-66(69)72-63-64(62-71-65(68)59-56-53-50-47-44-41-38-35-30-27-24-21-18-15-12-9-6-3)73-67(70)61-58-55-52-49-46-43-40-36-32-29-26-23-20-17-14-11-8-5-2/h27,30,64H,4-26,28-29,31-63H2,1-3H3/b30-27-. The first kappa shape index (κ1) is 71.2. The molecular weight excluding hydrogens is 901 g/mol. The smallest absolute Gasteiger partial charge is 0.306 e. The van der Waals surface area contributed by atoms with Crippen LogP contribution in [-0.2, 0) is 28.6 Å². The fourth-order valence-electron chi connectivity index (χ4n) is 10.3. The number of hydrogen-bond acceptors (Lipinski definition) is 6. The Kier molecular flexibility index (Phi) is 61.1. The van der Waals surface area contributed by atoms with Crippen LogP contribution >= 0.6 is 0 Å². The first-order chi connectivity index (χ1) is 36.0. The second-order valence-corrected chi connectivity index (χ2v) is 22.7. The molecule has 0 heterocycles. The molecule has 0 aromatic heterocycles. The molecule has 0 radical (unpaired) electrons. The summed E-state index contributed by atoms with van der Waals surface area (Å²) in [6.45, 7) is 6.72. The summed E-state index contributed by atoms with van der Waals surface area (Å²) in [6, 6.07) is 0. The van der Waals surface area contributed by atoms with Crippen molar-refractivity contribution < 1.29 is 28.6 Å². The van der Waals surface area contributed by atoms with E-state index in [1.54, 1.807) is 0 Å². The van der Waals surface area contributed by atoms with Gasteiger partial charge in [-0.05, 0) is 44.9 Å². The molecule has 0 saturated carbocycles.